The highest BCUT2D eigenvalue weighted by Gasteiger charge is 2.18. The number of hydrogen-bond acceptors (Lipinski definition) is 4. The van der Waals surface area contributed by atoms with Gasteiger partial charge in [-0.05, 0) is 19.9 Å². The van der Waals surface area contributed by atoms with Gasteiger partial charge in [-0.25, -0.2) is 4.98 Å². The van der Waals surface area contributed by atoms with Crippen LogP contribution in [0.4, 0.5) is 11.5 Å². The monoisotopic (exact) mass is 271 g/mol. The predicted octanol–water partition coefficient (Wildman–Crippen LogP) is 3.50. The van der Waals surface area contributed by atoms with Gasteiger partial charge in [-0.15, -0.1) is 0 Å². The summed E-state index contributed by atoms with van der Waals surface area (Å²) in [6, 6.07) is 12.5. The van der Waals surface area contributed by atoms with Crippen molar-refractivity contribution in [2.24, 2.45) is 0 Å². The summed E-state index contributed by atoms with van der Waals surface area (Å²) in [5, 5.41) is 11.2. The van der Waals surface area contributed by atoms with E-state index in [9.17, 15) is 10.1 Å². The molecule has 0 saturated carbocycles. The molecular weight excluding hydrogens is 254 g/mol. The smallest absolute Gasteiger partial charge is 0.295 e. The third-order valence-electron chi connectivity index (χ3n) is 3.19. The average molecular weight is 271 g/mol. The molecule has 1 heterocycles. The fourth-order valence-electron chi connectivity index (χ4n) is 2.12. The van der Waals surface area contributed by atoms with Gasteiger partial charge in [-0.1, -0.05) is 30.3 Å². The third-order valence-corrected chi connectivity index (χ3v) is 3.19. The Labute approximate surface area is 118 Å². The Morgan fingerprint density at radius 2 is 1.75 bits per heavy atom. The van der Waals surface area contributed by atoms with Gasteiger partial charge in [0.1, 0.15) is 5.82 Å². The topological polar surface area (TPSA) is 59.3 Å². The van der Waals surface area contributed by atoms with Gasteiger partial charge in [0.25, 0.3) is 5.69 Å². The molecule has 0 N–H and O–H groups in total. The SMILES string of the molecule is CCN(CC)c1ccc([N+](=O)[O-])c(-c2ccccc2)n1. The van der Waals surface area contributed by atoms with Crippen LogP contribution in [0, 0.1) is 10.1 Å². The van der Waals surface area contributed by atoms with Gasteiger partial charge >= 0.3 is 0 Å². The maximum atomic E-state index is 11.2. The molecule has 0 radical (unpaired) electrons. The molecule has 0 spiro atoms. The maximum Gasteiger partial charge on any atom is 0.295 e. The van der Waals surface area contributed by atoms with E-state index in [0.717, 1.165) is 24.5 Å². The van der Waals surface area contributed by atoms with Crippen LogP contribution in [0.1, 0.15) is 13.8 Å². The van der Waals surface area contributed by atoms with Crippen LogP contribution < -0.4 is 4.90 Å². The fraction of sp³-hybridized carbons (Fsp3) is 0.267. The quantitative estimate of drug-likeness (QED) is 0.617. The lowest BCUT2D eigenvalue weighted by Gasteiger charge is -2.20. The number of anilines is 1. The molecule has 0 aliphatic carbocycles. The summed E-state index contributed by atoms with van der Waals surface area (Å²) in [6.45, 7) is 5.70. The second-order valence-electron chi connectivity index (χ2n) is 4.33. The molecule has 1 aromatic carbocycles. The Hall–Kier alpha value is -2.43. The van der Waals surface area contributed by atoms with Crippen LogP contribution in [0.2, 0.25) is 0 Å². The number of pyridine rings is 1. The van der Waals surface area contributed by atoms with Crippen LogP contribution in [0.5, 0.6) is 0 Å². The van der Waals surface area contributed by atoms with Crippen molar-refractivity contribution in [3.8, 4) is 11.3 Å². The van der Waals surface area contributed by atoms with Gasteiger partial charge in [0.2, 0.25) is 0 Å². The summed E-state index contributed by atoms with van der Waals surface area (Å²) in [5.74, 6) is 0.763. The molecule has 0 amide bonds. The molecule has 104 valence electrons. The van der Waals surface area contributed by atoms with E-state index in [1.54, 1.807) is 6.07 Å². The average Bonchev–Trinajstić information content (AvgIpc) is 2.49. The van der Waals surface area contributed by atoms with Gasteiger partial charge in [0.05, 0.1) is 4.92 Å². The summed E-state index contributed by atoms with van der Waals surface area (Å²) in [7, 11) is 0. The minimum atomic E-state index is -0.388. The normalized spacial score (nSPS) is 10.3. The fourth-order valence-corrected chi connectivity index (χ4v) is 2.12. The summed E-state index contributed by atoms with van der Waals surface area (Å²) in [4.78, 5) is 17.3. The van der Waals surface area contributed by atoms with E-state index in [2.05, 4.69) is 9.88 Å². The Morgan fingerprint density at radius 1 is 1.10 bits per heavy atom. The summed E-state index contributed by atoms with van der Waals surface area (Å²) < 4.78 is 0. The molecule has 0 atom stereocenters. The third kappa shape index (κ3) is 2.77. The summed E-state index contributed by atoms with van der Waals surface area (Å²) in [6.07, 6.45) is 0. The van der Waals surface area contributed by atoms with Crippen molar-refractivity contribution >= 4 is 11.5 Å². The molecule has 2 rings (SSSR count). The number of nitrogens with zero attached hydrogens (tertiary/aromatic N) is 3. The van der Waals surface area contributed by atoms with Crippen LogP contribution in [0.3, 0.4) is 0 Å². The number of benzene rings is 1. The van der Waals surface area contributed by atoms with Crippen molar-refractivity contribution in [1.29, 1.82) is 0 Å². The van der Waals surface area contributed by atoms with Crippen LogP contribution in [0.25, 0.3) is 11.3 Å². The Kier molecular flexibility index (Phi) is 4.30. The Morgan fingerprint density at radius 3 is 2.30 bits per heavy atom. The van der Waals surface area contributed by atoms with E-state index in [1.807, 2.05) is 44.2 Å². The van der Waals surface area contributed by atoms with Crippen molar-refractivity contribution in [3.05, 3.63) is 52.6 Å². The largest absolute Gasteiger partial charge is 0.357 e. The molecule has 0 aliphatic heterocycles. The standard InChI is InChI=1S/C15H17N3O2/c1-3-17(4-2)14-11-10-13(18(19)20)15(16-14)12-8-6-5-7-9-12/h5-11H,3-4H2,1-2H3. The van der Waals surface area contributed by atoms with Crippen molar-refractivity contribution in [3.63, 3.8) is 0 Å². The van der Waals surface area contributed by atoms with E-state index in [1.165, 1.54) is 6.07 Å². The van der Waals surface area contributed by atoms with Crippen LogP contribution in [-0.2, 0) is 0 Å². The molecule has 2 aromatic rings. The van der Waals surface area contributed by atoms with Crippen molar-refractivity contribution in [2.75, 3.05) is 18.0 Å². The van der Waals surface area contributed by atoms with Crippen LogP contribution >= 0.6 is 0 Å². The minimum absolute atomic E-state index is 0.0344. The number of hydrogen-bond donors (Lipinski definition) is 0. The van der Waals surface area contributed by atoms with Crippen LogP contribution in [0.15, 0.2) is 42.5 Å². The number of rotatable bonds is 5. The van der Waals surface area contributed by atoms with Crippen molar-refractivity contribution < 1.29 is 4.92 Å². The van der Waals surface area contributed by atoms with E-state index >= 15 is 0 Å². The molecule has 0 fully saturated rings. The zero-order valence-electron chi connectivity index (χ0n) is 11.6. The minimum Gasteiger partial charge on any atom is -0.357 e. The first-order valence-corrected chi connectivity index (χ1v) is 6.63. The predicted molar refractivity (Wildman–Crippen MR) is 79.9 cm³/mol. The Balaban J connectivity index is 2.56. The molecule has 0 aliphatic rings. The van der Waals surface area contributed by atoms with Gasteiger partial charge < -0.3 is 4.90 Å². The molecule has 5 heteroatoms. The number of aromatic nitrogens is 1. The lowest BCUT2D eigenvalue weighted by molar-refractivity contribution is -0.384. The first kappa shape index (κ1) is 14.0. The Bertz CT molecular complexity index is 595. The van der Waals surface area contributed by atoms with E-state index in [4.69, 9.17) is 0 Å². The lowest BCUT2D eigenvalue weighted by atomic mass is 10.1. The second-order valence-corrected chi connectivity index (χ2v) is 4.33. The zero-order chi connectivity index (χ0) is 14.5. The number of nitro groups is 1. The van der Waals surface area contributed by atoms with Crippen LogP contribution in [-0.4, -0.2) is 23.0 Å². The molecule has 5 nitrogen and oxygen atoms in total. The van der Waals surface area contributed by atoms with Gasteiger partial charge in [0, 0.05) is 24.7 Å². The first-order valence-electron chi connectivity index (χ1n) is 6.63. The zero-order valence-corrected chi connectivity index (χ0v) is 11.6. The maximum absolute atomic E-state index is 11.2. The molecule has 0 unspecified atom stereocenters. The van der Waals surface area contributed by atoms with E-state index in [0.29, 0.717) is 5.69 Å². The summed E-state index contributed by atoms with van der Waals surface area (Å²) in [5.41, 5.74) is 1.21. The second kappa shape index (κ2) is 6.14. The highest BCUT2D eigenvalue weighted by atomic mass is 16.6. The molecular formula is C15H17N3O2. The van der Waals surface area contributed by atoms with Crippen molar-refractivity contribution in [2.45, 2.75) is 13.8 Å². The van der Waals surface area contributed by atoms with Crippen molar-refractivity contribution in [1.82, 2.24) is 4.98 Å². The van der Waals surface area contributed by atoms with E-state index in [-0.39, 0.29) is 10.6 Å². The van der Waals surface area contributed by atoms with Gasteiger partial charge in [0.15, 0.2) is 5.69 Å². The summed E-state index contributed by atoms with van der Waals surface area (Å²) >= 11 is 0. The molecule has 0 bridgehead atoms. The van der Waals surface area contributed by atoms with Gasteiger partial charge in [-0.3, -0.25) is 10.1 Å². The van der Waals surface area contributed by atoms with Gasteiger partial charge in [-0.2, -0.15) is 0 Å². The van der Waals surface area contributed by atoms with E-state index < -0.39 is 0 Å². The highest BCUT2D eigenvalue weighted by molar-refractivity contribution is 5.71. The molecule has 20 heavy (non-hydrogen) atoms. The first-order chi connectivity index (χ1) is 9.67. The molecule has 1 aromatic heterocycles. The lowest BCUT2D eigenvalue weighted by Crippen LogP contribution is -2.23. The highest BCUT2D eigenvalue weighted by Crippen LogP contribution is 2.30. The molecule has 0 saturated heterocycles.